The zero-order chi connectivity index (χ0) is 35.6. The normalized spacial score (nSPS) is 13.5. The Labute approximate surface area is 289 Å². The van der Waals surface area contributed by atoms with Crippen LogP contribution < -0.4 is 32.7 Å². The predicted octanol–water partition coefficient (Wildman–Crippen LogP) is 2.23. The van der Waals surface area contributed by atoms with E-state index in [9.17, 15) is 19.2 Å². The standard InChI is InChI=1S/C37H52N8O4/c1-25(2)19-32(36(48)43-31(17-11-6-12-18-38)35(47)42-24-29-23-40-26(3)22-41-29)45-37(49)33(21-28-15-9-5-10-16-28)44-34(46)30(39)20-27-13-7-4-8-14-27/h4-5,7-10,13-16,22-23,25,30-33H,6,11-12,17-21,24,38-39H2,1-3H3,(H,42,47)(H,43,48)(H,44,46)(H,45,49)/t30-,31-,32-,33-/m1/s1. The smallest absolute Gasteiger partial charge is 0.243 e. The average molecular weight is 673 g/mol. The lowest BCUT2D eigenvalue weighted by Gasteiger charge is -2.27. The number of aromatic nitrogens is 2. The Morgan fingerprint density at radius 3 is 1.88 bits per heavy atom. The van der Waals surface area contributed by atoms with Crippen molar-refractivity contribution in [3.8, 4) is 0 Å². The van der Waals surface area contributed by atoms with Crippen LogP contribution in [0.25, 0.3) is 0 Å². The third-order valence-electron chi connectivity index (χ3n) is 8.00. The molecule has 2 aromatic carbocycles. The summed E-state index contributed by atoms with van der Waals surface area (Å²) in [4.78, 5) is 62.7. The van der Waals surface area contributed by atoms with Gasteiger partial charge in [0.2, 0.25) is 23.6 Å². The predicted molar refractivity (Wildman–Crippen MR) is 190 cm³/mol. The Morgan fingerprint density at radius 1 is 0.694 bits per heavy atom. The number of hydrogen-bond acceptors (Lipinski definition) is 8. The molecule has 0 aliphatic heterocycles. The van der Waals surface area contributed by atoms with Crippen molar-refractivity contribution < 1.29 is 19.2 Å². The molecule has 0 bridgehead atoms. The fourth-order valence-corrected chi connectivity index (χ4v) is 5.30. The van der Waals surface area contributed by atoms with Crippen LogP contribution in [0, 0.1) is 12.8 Å². The van der Waals surface area contributed by atoms with E-state index in [1.807, 2.05) is 81.4 Å². The van der Waals surface area contributed by atoms with Crippen LogP contribution >= 0.6 is 0 Å². The number of amides is 4. The number of hydrogen-bond donors (Lipinski definition) is 6. The Balaban J connectivity index is 1.75. The molecule has 4 amide bonds. The van der Waals surface area contributed by atoms with E-state index in [2.05, 4.69) is 31.2 Å². The number of nitrogens with one attached hydrogen (secondary N) is 4. The molecule has 8 N–H and O–H groups in total. The van der Waals surface area contributed by atoms with E-state index in [-0.39, 0.29) is 24.8 Å². The fraction of sp³-hybridized carbons (Fsp3) is 0.459. The van der Waals surface area contributed by atoms with Crippen LogP contribution in [0.1, 0.15) is 68.5 Å². The van der Waals surface area contributed by atoms with Crippen molar-refractivity contribution in [2.24, 2.45) is 17.4 Å². The minimum Gasteiger partial charge on any atom is -0.349 e. The number of nitrogens with two attached hydrogens (primary N) is 2. The summed E-state index contributed by atoms with van der Waals surface area (Å²) in [6.07, 6.45) is 6.71. The highest BCUT2D eigenvalue weighted by atomic mass is 16.2. The first-order valence-electron chi connectivity index (χ1n) is 17.1. The van der Waals surface area contributed by atoms with Gasteiger partial charge in [-0.1, -0.05) is 87.4 Å². The second-order valence-electron chi connectivity index (χ2n) is 12.8. The molecule has 3 rings (SSSR count). The molecule has 0 saturated heterocycles. The molecule has 0 aliphatic rings. The van der Waals surface area contributed by atoms with Gasteiger partial charge in [0.1, 0.15) is 18.1 Å². The van der Waals surface area contributed by atoms with E-state index in [0.717, 1.165) is 29.7 Å². The summed E-state index contributed by atoms with van der Waals surface area (Å²) < 4.78 is 0. The van der Waals surface area contributed by atoms with E-state index < -0.39 is 41.9 Å². The maximum Gasteiger partial charge on any atom is 0.243 e. The average Bonchev–Trinajstić information content (AvgIpc) is 3.09. The molecule has 12 nitrogen and oxygen atoms in total. The van der Waals surface area contributed by atoms with Crippen LogP contribution in [0.4, 0.5) is 0 Å². The summed E-state index contributed by atoms with van der Waals surface area (Å²) in [5.74, 6) is -1.81. The van der Waals surface area contributed by atoms with Gasteiger partial charge >= 0.3 is 0 Å². The van der Waals surface area contributed by atoms with Crippen LogP contribution in [0.2, 0.25) is 0 Å². The lowest BCUT2D eigenvalue weighted by atomic mass is 9.99. The zero-order valence-electron chi connectivity index (χ0n) is 28.9. The van der Waals surface area contributed by atoms with E-state index in [1.165, 1.54) is 0 Å². The third kappa shape index (κ3) is 14.1. The van der Waals surface area contributed by atoms with Crippen molar-refractivity contribution >= 4 is 23.6 Å². The first-order chi connectivity index (χ1) is 23.5. The lowest BCUT2D eigenvalue weighted by Crippen LogP contribution is -2.58. The van der Waals surface area contributed by atoms with Crippen LogP contribution in [0.15, 0.2) is 73.1 Å². The SMILES string of the molecule is Cc1cnc(CNC(=O)[C@@H](CCCCCN)NC(=O)[C@@H](CC(C)C)NC(=O)[C@@H](Cc2ccccc2)NC(=O)[C@H](N)Cc2ccccc2)cn1. The maximum absolute atomic E-state index is 13.9. The molecule has 264 valence electrons. The monoisotopic (exact) mass is 672 g/mol. The summed E-state index contributed by atoms with van der Waals surface area (Å²) >= 11 is 0. The Hall–Kier alpha value is -4.68. The number of rotatable bonds is 20. The van der Waals surface area contributed by atoms with Gasteiger partial charge in [-0.05, 0) is 56.2 Å². The van der Waals surface area contributed by atoms with Gasteiger partial charge in [-0.3, -0.25) is 29.1 Å². The minimum absolute atomic E-state index is 0.0365. The molecular weight excluding hydrogens is 620 g/mol. The number of unbranched alkanes of at least 4 members (excludes halogenated alkanes) is 2. The molecule has 1 heterocycles. The second kappa shape index (κ2) is 20.6. The molecule has 3 aromatic rings. The Bertz CT molecular complexity index is 1450. The van der Waals surface area contributed by atoms with Gasteiger partial charge in [0.25, 0.3) is 0 Å². The van der Waals surface area contributed by atoms with Gasteiger partial charge in [0.05, 0.1) is 30.2 Å². The van der Waals surface area contributed by atoms with Crippen LogP contribution in [0.5, 0.6) is 0 Å². The van der Waals surface area contributed by atoms with Crippen molar-refractivity contribution in [2.75, 3.05) is 6.54 Å². The molecular formula is C37H52N8O4. The number of carbonyl (C=O) groups is 4. The summed E-state index contributed by atoms with van der Waals surface area (Å²) in [6, 6.07) is 15.0. The minimum atomic E-state index is -0.995. The van der Waals surface area contributed by atoms with Crippen molar-refractivity contribution in [2.45, 2.75) is 96.4 Å². The first-order valence-corrected chi connectivity index (χ1v) is 17.1. The molecule has 0 fully saturated rings. The highest BCUT2D eigenvalue weighted by Gasteiger charge is 2.31. The highest BCUT2D eigenvalue weighted by Crippen LogP contribution is 2.11. The Morgan fingerprint density at radius 2 is 1.29 bits per heavy atom. The van der Waals surface area contributed by atoms with Gasteiger partial charge in [0, 0.05) is 12.6 Å². The molecule has 49 heavy (non-hydrogen) atoms. The summed E-state index contributed by atoms with van der Waals surface area (Å²) in [6.45, 7) is 6.40. The molecule has 12 heteroatoms. The van der Waals surface area contributed by atoms with Crippen molar-refractivity contribution in [3.63, 3.8) is 0 Å². The van der Waals surface area contributed by atoms with Crippen molar-refractivity contribution in [3.05, 3.63) is 95.6 Å². The number of carbonyl (C=O) groups excluding carboxylic acids is 4. The van der Waals surface area contributed by atoms with Gasteiger partial charge < -0.3 is 32.7 Å². The van der Waals surface area contributed by atoms with Gasteiger partial charge in [-0.15, -0.1) is 0 Å². The number of benzene rings is 2. The number of aryl methyl sites for hydroxylation is 1. The second-order valence-corrected chi connectivity index (χ2v) is 12.8. The highest BCUT2D eigenvalue weighted by molar-refractivity contribution is 5.95. The lowest BCUT2D eigenvalue weighted by molar-refractivity contribution is -0.134. The van der Waals surface area contributed by atoms with Crippen LogP contribution in [0.3, 0.4) is 0 Å². The van der Waals surface area contributed by atoms with Gasteiger partial charge in [-0.2, -0.15) is 0 Å². The van der Waals surface area contributed by atoms with Crippen LogP contribution in [-0.4, -0.2) is 64.3 Å². The largest absolute Gasteiger partial charge is 0.349 e. The van der Waals surface area contributed by atoms with Crippen LogP contribution in [-0.2, 0) is 38.6 Å². The molecule has 0 aliphatic carbocycles. The van der Waals surface area contributed by atoms with Crippen molar-refractivity contribution in [1.82, 2.24) is 31.2 Å². The first kappa shape index (κ1) is 38.8. The van der Waals surface area contributed by atoms with E-state index >= 15 is 0 Å². The van der Waals surface area contributed by atoms with Crippen molar-refractivity contribution in [1.29, 1.82) is 0 Å². The molecule has 1 aromatic heterocycles. The third-order valence-corrected chi connectivity index (χ3v) is 8.00. The topological polar surface area (TPSA) is 194 Å². The molecule has 4 atom stereocenters. The summed E-state index contributed by atoms with van der Waals surface area (Å²) in [7, 11) is 0. The van der Waals surface area contributed by atoms with E-state index in [1.54, 1.807) is 12.4 Å². The maximum atomic E-state index is 13.9. The Kier molecular flexibility index (Phi) is 16.3. The summed E-state index contributed by atoms with van der Waals surface area (Å²) in [5.41, 5.74) is 15.0. The van der Waals surface area contributed by atoms with Gasteiger partial charge in [-0.25, -0.2) is 0 Å². The quantitative estimate of drug-likeness (QED) is 0.0984. The van der Waals surface area contributed by atoms with E-state index in [0.29, 0.717) is 37.9 Å². The van der Waals surface area contributed by atoms with E-state index in [4.69, 9.17) is 11.5 Å². The number of nitrogens with zero attached hydrogens (tertiary/aromatic N) is 2. The molecule has 0 saturated carbocycles. The fourth-order valence-electron chi connectivity index (χ4n) is 5.30. The van der Waals surface area contributed by atoms with Gasteiger partial charge in [0.15, 0.2) is 0 Å². The molecule has 0 unspecified atom stereocenters. The molecule has 0 spiro atoms. The zero-order valence-corrected chi connectivity index (χ0v) is 28.9. The summed E-state index contributed by atoms with van der Waals surface area (Å²) in [5, 5.41) is 11.4. The molecule has 0 radical (unpaired) electrons.